The summed E-state index contributed by atoms with van der Waals surface area (Å²) in [4.78, 5) is 0. The topological polar surface area (TPSA) is 48.1 Å². The molecule has 0 spiro atoms. The summed E-state index contributed by atoms with van der Waals surface area (Å²) >= 11 is 0. The largest absolute Gasteiger partial charge is 0.317 e. The molecule has 0 bridgehead atoms. The van der Waals surface area contributed by atoms with Crippen LogP contribution in [0.1, 0.15) is 52.4 Å². The first-order valence-corrected chi connectivity index (χ1v) is 9.71. The molecule has 0 heterocycles. The van der Waals surface area contributed by atoms with Crippen molar-refractivity contribution in [2.24, 2.45) is 11.8 Å². The standard InChI is InChI=1S/C18H40N4/c1-3-19-11-5-7-13-21-15-17-9-10-18(17)16-22-14-8-6-12-20-4-2/h17-22H,3-16H2,1-2H3/t17-,18-/m1/s1. The minimum Gasteiger partial charge on any atom is -0.317 e. The van der Waals surface area contributed by atoms with E-state index < -0.39 is 0 Å². The molecule has 1 aliphatic rings. The Bertz CT molecular complexity index is 211. The van der Waals surface area contributed by atoms with Gasteiger partial charge in [-0.25, -0.2) is 0 Å². The van der Waals surface area contributed by atoms with E-state index in [2.05, 4.69) is 35.1 Å². The van der Waals surface area contributed by atoms with Crippen LogP contribution in [0.25, 0.3) is 0 Å². The first-order chi connectivity index (χ1) is 10.9. The second-order valence-electron chi connectivity index (χ2n) is 6.63. The molecule has 4 nitrogen and oxygen atoms in total. The molecule has 0 unspecified atom stereocenters. The number of hydrogen-bond donors (Lipinski definition) is 4. The van der Waals surface area contributed by atoms with Crippen LogP contribution in [0.5, 0.6) is 0 Å². The molecule has 22 heavy (non-hydrogen) atoms. The van der Waals surface area contributed by atoms with E-state index in [9.17, 15) is 0 Å². The zero-order valence-corrected chi connectivity index (χ0v) is 15.1. The van der Waals surface area contributed by atoms with Gasteiger partial charge in [0.05, 0.1) is 0 Å². The second-order valence-corrected chi connectivity index (χ2v) is 6.63. The van der Waals surface area contributed by atoms with Crippen LogP contribution in [0, 0.1) is 11.8 Å². The van der Waals surface area contributed by atoms with Crippen molar-refractivity contribution in [1.29, 1.82) is 0 Å². The fourth-order valence-corrected chi connectivity index (χ4v) is 3.10. The highest BCUT2D eigenvalue weighted by Crippen LogP contribution is 2.33. The SMILES string of the molecule is CCNCCCCNC[C@H]1CC[C@@H]1CNCCCCNCC. The summed E-state index contributed by atoms with van der Waals surface area (Å²) in [6, 6.07) is 0. The second kappa shape index (κ2) is 14.4. The predicted octanol–water partition coefficient (Wildman–Crippen LogP) is 1.97. The van der Waals surface area contributed by atoms with E-state index in [1.807, 2.05) is 0 Å². The zero-order chi connectivity index (χ0) is 15.9. The lowest BCUT2D eigenvalue weighted by molar-refractivity contribution is 0.167. The van der Waals surface area contributed by atoms with Crippen LogP contribution < -0.4 is 21.3 Å². The van der Waals surface area contributed by atoms with Gasteiger partial charge in [-0.1, -0.05) is 13.8 Å². The van der Waals surface area contributed by atoms with Gasteiger partial charge in [-0.2, -0.15) is 0 Å². The molecule has 0 radical (unpaired) electrons. The predicted molar refractivity (Wildman–Crippen MR) is 97.5 cm³/mol. The van der Waals surface area contributed by atoms with Gasteiger partial charge in [-0.05, 0) is 103 Å². The average molecular weight is 313 g/mol. The van der Waals surface area contributed by atoms with Gasteiger partial charge in [0.25, 0.3) is 0 Å². The van der Waals surface area contributed by atoms with Crippen LogP contribution in [-0.2, 0) is 0 Å². The smallest absolute Gasteiger partial charge is 0.00174 e. The number of nitrogens with one attached hydrogen (secondary N) is 4. The first-order valence-electron chi connectivity index (χ1n) is 9.71. The van der Waals surface area contributed by atoms with Gasteiger partial charge in [0.2, 0.25) is 0 Å². The van der Waals surface area contributed by atoms with Crippen molar-refractivity contribution < 1.29 is 0 Å². The van der Waals surface area contributed by atoms with E-state index in [-0.39, 0.29) is 0 Å². The highest BCUT2D eigenvalue weighted by molar-refractivity contribution is 4.83. The fourth-order valence-electron chi connectivity index (χ4n) is 3.10. The Morgan fingerprint density at radius 1 is 0.591 bits per heavy atom. The van der Waals surface area contributed by atoms with E-state index in [1.54, 1.807) is 0 Å². The summed E-state index contributed by atoms with van der Waals surface area (Å²) in [7, 11) is 0. The molecule has 1 saturated carbocycles. The summed E-state index contributed by atoms with van der Waals surface area (Å²) < 4.78 is 0. The highest BCUT2D eigenvalue weighted by Gasteiger charge is 2.29. The van der Waals surface area contributed by atoms with Crippen LogP contribution in [0.4, 0.5) is 0 Å². The molecule has 4 N–H and O–H groups in total. The Hall–Kier alpha value is -0.160. The summed E-state index contributed by atoms with van der Waals surface area (Å²) in [5.74, 6) is 1.84. The third kappa shape index (κ3) is 9.78. The lowest BCUT2D eigenvalue weighted by atomic mass is 9.73. The number of rotatable bonds is 16. The maximum Gasteiger partial charge on any atom is -0.00174 e. The fraction of sp³-hybridized carbons (Fsp3) is 1.00. The first kappa shape index (κ1) is 19.9. The highest BCUT2D eigenvalue weighted by atomic mass is 14.9. The molecule has 0 aliphatic heterocycles. The third-order valence-corrected chi connectivity index (χ3v) is 4.80. The molecule has 0 aromatic rings. The molecule has 0 aromatic carbocycles. The maximum atomic E-state index is 3.66. The normalized spacial score (nSPS) is 21.0. The van der Waals surface area contributed by atoms with Crippen molar-refractivity contribution in [1.82, 2.24) is 21.3 Å². The molecular weight excluding hydrogens is 272 g/mol. The van der Waals surface area contributed by atoms with Crippen LogP contribution in [0.15, 0.2) is 0 Å². The van der Waals surface area contributed by atoms with Crippen molar-refractivity contribution in [3.05, 3.63) is 0 Å². The third-order valence-electron chi connectivity index (χ3n) is 4.80. The Kier molecular flexibility index (Phi) is 13.0. The average Bonchev–Trinajstić information content (AvgIpc) is 2.51. The van der Waals surface area contributed by atoms with E-state index in [4.69, 9.17) is 0 Å². The molecule has 1 aliphatic carbocycles. The van der Waals surface area contributed by atoms with Gasteiger partial charge in [0.15, 0.2) is 0 Å². The Morgan fingerprint density at radius 3 is 1.27 bits per heavy atom. The van der Waals surface area contributed by atoms with Crippen LogP contribution in [0.2, 0.25) is 0 Å². The summed E-state index contributed by atoms with van der Waals surface area (Å²) in [6.45, 7) is 13.7. The number of unbranched alkanes of at least 4 members (excludes halogenated alkanes) is 2. The minimum atomic E-state index is 0.919. The monoisotopic (exact) mass is 312 g/mol. The Morgan fingerprint density at radius 2 is 0.955 bits per heavy atom. The Balaban J connectivity index is 1.84. The van der Waals surface area contributed by atoms with E-state index >= 15 is 0 Å². The van der Waals surface area contributed by atoms with Crippen LogP contribution in [-0.4, -0.2) is 52.4 Å². The van der Waals surface area contributed by atoms with Crippen molar-refractivity contribution >= 4 is 0 Å². The zero-order valence-electron chi connectivity index (χ0n) is 15.1. The van der Waals surface area contributed by atoms with E-state index in [1.165, 1.54) is 77.8 Å². The van der Waals surface area contributed by atoms with Gasteiger partial charge in [-0.15, -0.1) is 0 Å². The minimum absolute atomic E-state index is 0.919. The van der Waals surface area contributed by atoms with Crippen LogP contribution in [0.3, 0.4) is 0 Å². The van der Waals surface area contributed by atoms with Gasteiger partial charge >= 0.3 is 0 Å². The van der Waals surface area contributed by atoms with Gasteiger partial charge in [0.1, 0.15) is 0 Å². The molecule has 0 amide bonds. The van der Waals surface area contributed by atoms with Crippen molar-refractivity contribution in [2.75, 3.05) is 52.4 Å². The lowest BCUT2D eigenvalue weighted by Gasteiger charge is -2.37. The lowest BCUT2D eigenvalue weighted by Crippen LogP contribution is -2.41. The van der Waals surface area contributed by atoms with E-state index in [0.29, 0.717) is 0 Å². The molecular formula is C18H40N4. The number of hydrogen-bond acceptors (Lipinski definition) is 4. The molecule has 0 saturated heterocycles. The molecule has 132 valence electrons. The molecule has 4 heteroatoms. The van der Waals surface area contributed by atoms with Gasteiger partial charge in [0, 0.05) is 0 Å². The van der Waals surface area contributed by atoms with Gasteiger partial charge in [-0.3, -0.25) is 0 Å². The van der Waals surface area contributed by atoms with Crippen LogP contribution >= 0.6 is 0 Å². The quantitative estimate of drug-likeness (QED) is 0.329. The molecule has 1 fully saturated rings. The maximum absolute atomic E-state index is 3.66. The summed E-state index contributed by atoms with van der Waals surface area (Å²) in [6.07, 6.45) is 8.05. The van der Waals surface area contributed by atoms with Crippen molar-refractivity contribution in [2.45, 2.75) is 52.4 Å². The molecule has 0 aromatic heterocycles. The Labute approximate surface area is 138 Å². The molecule has 2 atom stereocenters. The van der Waals surface area contributed by atoms with Crippen molar-refractivity contribution in [3.63, 3.8) is 0 Å². The molecule has 1 rings (SSSR count). The summed E-state index contributed by atoms with van der Waals surface area (Å²) in [5, 5.41) is 14.1. The summed E-state index contributed by atoms with van der Waals surface area (Å²) in [5.41, 5.74) is 0. The van der Waals surface area contributed by atoms with E-state index in [0.717, 1.165) is 24.9 Å². The van der Waals surface area contributed by atoms with Crippen molar-refractivity contribution in [3.8, 4) is 0 Å². The van der Waals surface area contributed by atoms with Gasteiger partial charge < -0.3 is 21.3 Å².